The van der Waals surface area contributed by atoms with E-state index in [1.807, 2.05) is 6.07 Å². The minimum Gasteiger partial charge on any atom is -0.424 e. The number of aryl methyl sites for hydroxylation is 1. The van der Waals surface area contributed by atoms with Gasteiger partial charge in [0.15, 0.2) is 0 Å². The van der Waals surface area contributed by atoms with Gasteiger partial charge in [-0.05, 0) is 12.1 Å². The van der Waals surface area contributed by atoms with Crippen molar-refractivity contribution in [1.82, 2.24) is 19.4 Å². The molecule has 2 aromatic rings. The van der Waals surface area contributed by atoms with E-state index >= 15 is 0 Å². The lowest BCUT2D eigenvalue weighted by atomic mass is 10.3. The zero-order valence-electron chi connectivity index (χ0n) is 12.3. The number of hydrogen-bond donors (Lipinski definition) is 0. The van der Waals surface area contributed by atoms with Crippen LogP contribution in [-0.2, 0) is 16.6 Å². The van der Waals surface area contributed by atoms with Gasteiger partial charge in [-0.2, -0.15) is 4.31 Å². The molecule has 0 N–H and O–H groups in total. The lowest BCUT2D eigenvalue weighted by molar-refractivity contribution is 0.167. The Morgan fingerprint density at radius 3 is 2.36 bits per heavy atom. The molecular formula is C14H18N4O3S. The molecule has 118 valence electrons. The van der Waals surface area contributed by atoms with E-state index in [9.17, 15) is 8.42 Å². The van der Waals surface area contributed by atoms with Crippen molar-refractivity contribution in [3.05, 3.63) is 42.1 Å². The largest absolute Gasteiger partial charge is 0.424 e. The zero-order valence-corrected chi connectivity index (χ0v) is 13.2. The summed E-state index contributed by atoms with van der Waals surface area (Å²) in [7, 11) is -3.40. The van der Waals surface area contributed by atoms with Crippen molar-refractivity contribution in [2.75, 3.05) is 26.2 Å². The molecular weight excluding hydrogens is 304 g/mol. The summed E-state index contributed by atoms with van der Waals surface area (Å²) in [6.45, 7) is 4.52. The molecule has 1 fully saturated rings. The summed E-state index contributed by atoms with van der Waals surface area (Å²) in [6, 6.07) is 8.54. The van der Waals surface area contributed by atoms with Crippen LogP contribution in [0.1, 0.15) is 11.8 Å². The van der Waals surface area contributed by atoms with Gasteiger partial charge in [0.1, 0.15) is 0 Å². The molecule has 0 saturated carbocycles. The summed E-state index contributed by atoms with van der Waals surface area (Å²) in [5, 5.41) is 7.76. The fraction of sp³-hybridized carbons (Fsp3) is 0.429. The average Bonchev–Trinajstić information content (AvgIpc) is 2.94. The van der Waals surface area contributed by atoms with Crippen molar-refractivity contribution in [3.63, 3.8) is 0 Å². The average molecular weight is 322 g/mol. The van der Waals surface area contributed by atoms with Crippen molar-refractivity contribution >= 4 is 10.0 Å². The normalized spacial score (nSPS) is 17.7. The highest BCUT2D eigenvalue weighted by Crippen LogP contribution is 2.17. The highest BCUT2D eigenvalue weighted by Gasteiger charge is 2.28. The molecule has 22 heavy (non-hydrogen) atoms. The summed E-state index contributed by atoms with van der Waals surface area (Å²) < 4.78 is 31.9. The second-order valence-corrected chi connectivity index (χ2v) is 7.15. The van der Waals surface area contributed by atoms with Crippen LogP contribution < -0.4 is 0 Å². The Kier molecular flexibility index (Phi) is 4.23. The molecule has 0 bridgehead atoms. The van der Waals surface area contributed by atoms with Gasteiger partial charge in [-0.25, -0.2) is 8.42 Å². The van der Waals surface area contributed by atoms with Gasteiger partial charge in [0, 0.05) is 33.1 Å². The third-order valence-corrected chi connectivity index (χ3v) is 5.55. The Labute approximate surface area is 129 Å². The summed E-state index contributed by atoms with van der Waals surface area (Å²) in [5.41, 5.74) is 0. The van der Waals surface area contributed by atoms with Crippen LogP contribution >= 0.6 is 0 Å². The summed E-state index contributed by atoms with van der Waals surface area (Å²) in [4.78, 5) is 2.46. The number of hydrogen-bond acceptors (Lipinski definition) is 6. The van der Waals surface area contributed by atoms with E-state index in [-0.39, 0.29) is 0 Å². The van der Waals surface area contributed by atoms with Gasteiger partial charge in [-0.1, -0.05) is 18.2 Å². The van der Waals surface area contributed by atoms with Crippen molar-refractivity contribution in [3.8, 4) is 0 Å². The number of rotatable bonds is 4. The maximum Gasteiger partial charge on any atom is 0.243 e. The highest BCUT2D eigenvalue weighted by molar-refractivity contribution is 7.89. The van der Waals surface area contributed by atoms with Crippen LogP contribution in [0.4, 0.5) is 0 Å². The Morgan fingerprint density at radius 2 is 1.77 bits per heavy atom. The number of piperazine rings is 1. The number of sulfonamides is 1. The monoisotopic (exact) mass is 322 g/mol. The van der Waals surface area contributed by atoms with E-state index in [4.69, 9.17) is 4.42 Å². The molecule has 1 saturated heterocycles. The topological polar surface area (TPSA) is 79.5 Å². The van der Waals surface area contributed by atoms with Crippen LogP contribution in [0.5, 0.6) is 0 Å². The molecule has 0 atom stereocenters. The van der Waals surface area contributed by atoms with E-state index < -0.39 is 10.0 Å². The van der Waals surface area contributed by atoms with Gasteiger partial charge in [-0.3, -0.25) is 4.90 Å². The molecule has 0 radical (unpaired) electrons. The molecule has 1 aliphatic rings. The molecule has 1 aliphatic heterocycles. The SMILES string of the molecule is Cc1nnc(CN2CCN(S(=O)(=O)c3ccccc3)CC2)o1. The molecule has 2 heterocycles. The summed E-state index contributed by atoms with van der Waals surface area (Å²) in [6.07, 6.45) is 0. The van der Waals surface area contributed by atoms with Crippen molar-refractivity contribution in [2.24, 2.45) is 0 Å². The van der Waals surface area contributed by atoms with Crippen molar-refractivity contribution in [2.45, 2.75) is 18.4 Å². The Morgan fingerprint density at radius 1 is 1.09 bits per heavy atom. The molecule has 7 nitrogen and oxygen atoms in total. The maximum atomic E-state index is 12.5. The molecule has 0 spiro atoms. The van der Waals surface area contributed by atoms with Gasteiger partial charge >= 0.3 is 0 Å². The van der Waals surface area contributed by atoms with Crippen LogP contribution in [0.3, 0.4) is 0 Å². The minimum atomic E-state index is -3.40. The Hall–Kier alpha value is -1.77. The molecule has 3 rings (SSSR count). The number of nitrogens with zero attached hydrogens (tertiary/aromatic N) is 4. The first-order chi connectivity index (χ1) is 10.6. The van der Waals surface area contributed by atoms with Gasteiger partial charge in [0.05, 0.1) is 11.4 Å². The van der Waals surface area contributed by atoms with Crippen LogP contribution in [0, 0.1) is 6.92 Å². The van der Waals surface area contributed by atoms with E-state index in [0.717, 1.165) is 0 Å². The summed E-state index contributed by atoms with van der Waals surface area (Å²) in [5.74, 6) is 1.11. The smallest absolute Gasteiger partial charge is 0.243 e. The van der Waals surface area contributed by atoms with E-state index in [0.29, 0.717) is 49.4 Å². The molecule has 0 aliphatic carbocycles. The van der Waals surface area contributed by atoms with Gasteiger partial charge in [0.2, 0.25) is 21.8 Å². The van der Waals surface area contributed by atoms with Crippen LogP contribution in [-0.4, -0.2) is 54.0 Å². The third-order valence-electron chi connectivity index (χ3n) is 3.64. The molecule has 0 amide bonds. The second kappa shape index (κ2) is 6.15. The number of aromatic nitrogens is 2. The summed E-state index contributed by atoms with van der Waals surface area (Å²) >= 11 is 0. The minimum absolute atomic E-state index is 0.343. The zero-order chi connectivity index (χ0) is 15.6. The maximum absolute atomic E-state index is 12.5. The quantitative estimate of drug-likeness (QED) is 0.831. The fourth-order valence-corrected chi connectivity index (χ4v) is 3.91. The predicted molar refractivity (Wildman–Crippen MR) is 79.5 cm³/mol. The molecule has 1 aromatic heterocycles. The van der Waals surface area contributed by atoms with Crippen LogP contribution in [0.2, 0.25) is 0 Å². The van der Waals surface area contributed by atoms with E-state index in [1.165, 1.54) is 4.31 Å². The second-order valence-electron chi connectivity index (χ2n) is 5.21. The van der Waals surface area contributed by atoms with Crippen molar-refractivity contribution in [1.29, 1.82) is 0 Å². The first kappa shape index (κ1) is 15.1. The van der Waals surface area contributed by atoms with Gasteiger partial charge < -0.3 is 4.42 Å². The molecule has 1 aromatic carbocycles. The van der Waals surface area contributed by atoms with E-state index in [1.54, 1.807) is 31.2 Å². The highest BCUT2D eigenvalue weighted by atomic mass is 32.2. The van der Waals surface area contributed by atoms with Crippen molar-refractivity contribution < 1.29 is 12.8 Å². The van der Waals surface area contributed by atoms with Gasteiger partial charge in [-0.15, -0.1) is 10.2 Å². The van der Waals surface area contributed by atoms with Gasteiger partial charge in [0.25, 0.3) is 0 Å². The first-order valence-corrected chi connectivity index (χ1v) is 8.56. The first-order valence-electron chi connectivity index (χ1n) is 7.12. The number of benzene rings is 1. The lowest BCUT2D eigenvalue weighted by Crippen LogP contribution is -2.48. The third kappa shape index (κ3) is 3.18. The fourth-order valence-electron chi connectivity index (χ4n) is 2.46. The Bertz CT molecular complexity index is 722. The van der Waals surface area contributed by atoms with Crippen LogP contribution in [0.15, 0.2) is 39.6 Å². The molecule has 0 unspecified atom stereocenters. The molecule has 8 heteroatoms. The van der Waals surface area contributed by atoms with Crippen LogP contribution in [0.25, 0.3) is 0 Å². The standard InChI is InChI=1S/C14H18N4O3S/c1-12-15-16-14(21-12)11-17-7-9-18(10-8-17)22(19,20)13-5-3-2-4-6-13/h2-6H,7-11H2,1H3. The predicted octanol–water partition coefficient (Wildman–Crippen LogP) is 0.885. The van der Waals surface area contributed by atoms with E-state index in [2.05, 4.69) is 15.1 Å². The Balaban J connectivity index is 1.62. The lowest BCUT2D eigenvalue weighted by Gasteiger charge is -2.33.